The van der Waals surface area contributed by atoms with E-state index in [1.54, 1.807) is 0 Å². The van der Waals surface area contributed by atoms with Gasteiger partial charge in [-0.05, 0) is 23.7 Å². The second kappa shape index (κ2) is 3.16. The molecule has 1 aliphatic rings. The molecule has 0 heterocycles. The van der Waals surface area contributed by atoms with Crippen LogP contribution in [-0.2, 0) is 0 Å². The van der Waals surface area contributed by atoms with Crippen LogP contribution in [0.5, 0.6) is 0 Å². The molecule has 1 aliphatic carbocycles. The third kappa shape index (κ3) is 2.84. The minimum atomic E-state index is 0.545. The fourth-order valence-corrected chi connectivity index (χ4v) is 2.31. The first-order valence-electron chi connectivity index (χ1n) is 4.99. The van der Waals surface area contributed by atoms with Crippen LogP contribution >= 0.6 is 0 Å². The second-order valence-corrected chi connectivity index (χ2v) is 5.43. The highest BCUT2D eigenvalue weighted by Crippen LogP contribution is 2.38. The average molecular weight is 154 g/mol. The molecule has 0 bridgehead atoms. The molecule has 0 amide bonds. The summed E-state index contributed by atoms with van der Waals surface area (Å²) in [6.07, 6.45) is 5.86. The van der Waals surface area contributed by atoms with E-state index >= 15 is 0 Å². The molecule has 1 rings (SSSR count). The summed E-state index contributed by atoms with van der Waals surface area (Å²) in [6, 6.07) is 0. The van der Waals surface area contributed by atoms with Gasteiger partial charge in [-0.2, -0.15) is 0 Å². The van der Waals surface area contributed by atoms with Gasteiger partial charge in [0.15, 0.2) is 0 Å². The maximum atomic E-state index is 2.42. The van der Waals surface area contributed by atoms with Crippen molar-refractivity contribution in [1.82, 2.24) is 0 Å². The fourth-order valence-electron chi connectivity index (χ4n) is 2.31. The van der Waals surface area contributed by atoms with Crippen LogP contribution in [0, 0.1) is 17.3 Å². The van der Waals surface area contributed by atoms with E-state index in [0.29, 0.717) is 5.41 Å². The molecule has 0 radical (unpaired) electrons. The monoisotopic (exact) mass is 154 g/mol. The summed E-state index contributed by atoms with van der Waals surface area (Å²) in [4.78, 5) is 0. The standard InChI is InChI=1S/C11H22/c1-9-6-5-7-10(9)8-11(2,3)4/h9-10H,5-8H2,1-4H3/t9-,10+/m1/s1. The predicted molar refractivity (Wildman–Crippen MR) is 50.6 cm³/mol. The van der Waals surface area contributed by atoms with Crippen molar-refractivity contribution in [2.24, 2.45) is 17.3 Å². The van der Waals surface area contributed by atoms with Crippen molar-refractivity contribution in [1.29, 1.82) is 0 Å². The Morgan fingerprint density at radius 2 is 1.82 bits per heavy atom. The van der Waals surface area contributed by atoms with Gasteiger partial charge >= 0.3 is 0 Å². The summed E-state index contributed by atoms with van der Waals surface area (Å²) in [5.41, 5.74) is 0.545. The van der Waals surface area contributed by atoms with Crippen LogP contribution in [0.2, 0.25) is 0 Å². The Kier molecular flexibility index (Phi) is 2.61. The fraction of sp³-hybridized carbons (Fsp3) is 1.00. The lowest BCUT2D eigenvalue weighted by atomic mass is 9.81. The lowest BCUT2D eigenvalue weighted by Crippen LogP contribution is -2.14. The maximum absolute atomic E-state index is 2.42. The number of rotatable bonds is 1. The molecule has 0 saturated heterocycles. The Morgan fingerprint density at radius 3 is 2.18 bits per heavy atom. The Labute approximate surface area is 71.4 Å². The van der Waals surface area contributed by atoms with Crippen LogP contribution in [0.4, 0.5) is 0 Å². The summed E-state index contributed by atoms with van der Waals surface area (Å²) < 4.78 is 0. The van der Waals surface area contributed by atoms with Crippen LogP contribution in [0.25, 0.3) is 0 Å². The van der Waals surface area contributed by atoms with Crippen LogP contribution in [0.1, 0.15) is 53.4 Å². The van der Waals surface area contributed by atoms with Gasteiger partial charge in [-0.1, -0.05) is 47.0 Å². The highest BCUT2D eigenvalue weighted by Gasteiger charge is 2.27. The van der Waals surface area contributed by atoms with Gasteiger partial charge in [0, 0.05) is 0 Å². The molecule has 0 aromatic rings. The lowest BCUT2D eigenvalue weighted by Gasteiger charge is -2.25. The van der Waals surface area contributed by atoms with E-state index in [4.69, 9.17) is 0 Å². The van der Waals surface area contributed by atoms with Crippen LogP contribution in [0.15, 0.2) is 0 Å². The first-order chi connectivity index (χ1) is 4.99. The number of hydrogen-bond acceptors (Lipinski definition) is 0. The van der Waals surface area contributed by atoms with Gasteiger partial charge in [0.25, 0.3) is 0 Å². The molecule has 1 fully saturated rings. The van der Waals surface area contributed by atoms with Gasteiger partial charge in [-0.25, -0.2) is 0 Å². The first kappa shape index (κ1) is 9.09. The van der Waals surface area contributed by atoms with E-state index in [2.05, 4.69) is 27.7 Å². The largest absolute Gasteiger partial charge is 0.0622 e. The SMILES string of the molecule is C[C@@H]1CCC[C@H]1CC(C)(C)C. The molecule has 0 unspecified atom stereocenters. The Morgan fingerprint density at radius 1 is 1.18 bits per heavy atom. The molecule has 0 aliphatic heterocycles. The Bertz CT molecular complexity index is 118. The van der Waals surface area contributed by atoms with Crippen LogP contribution in [-0.4, -0.2) is 0 Å². The average Bonchev–Trinajstić information content (AvgIpc) is 2.12. The van der Waals surface area contributed by atoms with Crippen LogP contribution < -0.4 is 0 Å². The molecule has 0 aromatic carbocycles. The molecule has 0 aromatic heterocycles. The molecule has 0 heteroatoms. The van der Waals surface area contributed by atoms with Crippen molar-refractivity contribution in [3.8, 4) is 0 Å². The molecule has 1 saturated carbocycles. The molecule has 0 N–H and O–H groups in total. The van der Waals surface area contributed by atoms with Crippen molar-refractivity contribution in [2.75, 3.05) is 0 Å². The zero-order valence-corrected chi connectivity index (χ0v) is 8.48. The highest BCUT2D eigenvalue weighted by molar-refractivity contribution is 4.78. The maximum Gasteiger partial charge on any atom is -0.0380 e. The minimum absolute atomic E-state index is 0.545. The summed E-state index contributed by atoms with van der Waals surface area (Å²) >= 11 is 0. The zero-order valence-electron chi connectivity index (χ0n) is 8.48. The van der Waals surface area contributed by atoms with Gasteiger partial charge in [0.2, 0.25) is 0 Å². The first-order valence-corrected chi connectivity index (χ1v) is 4.99. The van der Waals surface area contributed by atoms with Crippen molar-refractivity contribution in [2.45, 2.75) is 53.4 Å². The van der Waals surface area contributed by atoms with Crippen molar-refractivity contribution < 1.29 is 0 Å². The van der Waals surface area contributed by atoms with Crippen LogP contribution in [0.3, 0.4) is 0 Å². The van der Waals surface area contributed by atoms with Gasteiger partial charge < -0.3 is 0 Å². The third-order valence-corrected chi connectivity index (χ3v) is 2.91. The summed E-state index contributed by atoms with van der Waals surface area (Å²) in [5.74, 6) is 2.02. The van der Waals surface area contributed by atoms with E-state index < -0.39 is 0 Å². The molecule has 11 heavy (non-hydrogen) atoms. The third-order valence-electron chi connectivity index (χ3n) is 2.91. The minimum Gasteiger partial charge on any atom is -0.0622 e. The summed E-state index contributed by atoms with van der Waals surface area (Å²) in [7, 11) is 0. The quantitative estimate of drug-likeness (QED) is 0.538. The topological polar surface area (TPSA) is 0 Å². The lowest BCUT2D eigenvalue weighted by molar-refractivity contribution is 0.258. The van der Waals surface area contributed by atoms with Crippen molar-refractivity contribution >= 4 is 0 Å². The molecule has 0 nitrogen and oxygen atoms in total. The van der Waals surface area contributed by atoms with E-state index in [9.17, 15) is 0 Å². The number of hydrogen-bond donors (Lipinski definition) is 0. The molecular formula is C11H22. The van der Waals surface area contributed by atoms with Gasteiger partial charge in [-0.15, -0.1) is 0 Å². The molecule has 2 atom stereocenters. The van der Waals surface area contributed by atoms with Gasteiger partial charge in [0.1, 0.15) is 0 Å². The molecule has 0 spiro atoms. The van der Waals surface area contributed by atoms with Gasteiger partial charge in [-0.3, -0.25) is 0 Å². The van der Waals surface area contributed by atoms with E-state index in [-0.39, 0.29) is 0 Å². The van der Waals surface area contributed by atoms with E-state index in [1.165, 1.54) is 25.7 Å². The summed E-state index contributed by atoms with van der Waals surface area (Å²) in [6.45, 7) is 9.50. The van der Waals surface area contributed by atoms with Crippen molar-refractivity contribution in [3.05, 3.63) is 0 Å². The Balaban J connectivity index is 2.37. The Hall–Kier alpha value is 0. The smallest absolute Gasteiger partial charge is 0.0380 e. The summed E-state index contributed by atoms with van der Waals surface area (Å²) in [5, 5.41) is 0. The van der Waals surface area contributed by atoms with Gasteiger partial charge in [0.05, 0.1) is 0 Å². The van der Waals surface area contributed by atoms with E-state index in [0.717, 1.165) is 11.8 Å². The van der Waals surface area contributed by atoms with Crippen molar-refractivity contribution in [3.63, 3.8) is 0 Å². The predicted octanol–water partition coefficient (Wildman–Crippen LogP) is 3.86. The highest BCUT2D eigenvalue weighted by atomic mass is 14.3. The van der Waals surface area contributed by atoms with E-state index in [1.807, 2.05) is 0 Å². The normalized spacial score (nSPS) is 32.7. The molecular weight excluding hydrogens is 132 g/mol. The zero-order chi connectivity index (χ0) is 8.48. The second-order valence-electron chi connectivity index (χ2n) is 5.43. The molecule has 66 valence electrons.